The minimum atomic E-state index is 0.0524. The van der Waals surface area contributed by atoms with Crippen molar-refractivity contribution in [3.05, 3.63) is 0 Å². The predicted molar refractivity (Wildman–Crippen MR) is 74.6 cm³/mol. The van der Waals surface area contributed by atoms with Crippen LogP contribution in [0.1, 0.15) is 32.1 Å². The van der Waals surface area contributed by atoms with Crippen molar-refractivity contribution in [3.63, 3.8) is 0 Å². The molecule has 2 rings (SSSR count). The van der Waals surface area contributed by atoms with Crippen molar-refractivity contribution in [3.8, 4) is 0 Å². The molecule has 5 nitrogen and oxygen atoms in total. The van der Waals surface area contributed by atoms with Crippen molar-refractivity contribution in [2.75, 3.05) is 33.3 Å². The van der Waals surface area contributed by atoms with Gasteiger partial charge in [-0.2, -0.15) is 0 Å². The molecular weight excluding hydrogens is 242 g/mol. The number of piperidine rings is 1. The molecule has 19 heavy (non-hydrogen) atoms. The van der Waals surface area contributed by atoms with Gasteiger partial charge in [0.15, 0.2) is 0 Å². The molecule has 1 aliphatic heterocycles. The second-order valence-corrected chi connectivity index (χ2v) is 6.06. The van der Waals surface area contributed by atoms with E-state index in [0.29, 0.717) is 12.6 Å². The number of likely N-dealkylation sites (tertiary alicyclic amines) is 1. The van der Waals surface area contributed by atoms with Gasteiger partial charge in [0, 0.05) is 24.5 Å². The van der Waals surface area contributed by atoms with Gasteiger partial charge in [-0.25, -0.2) is 0 Å². The lowest BCUT2D eigenvalue weighted by Crippen LogP contribution is -2.49. The van der Waals surface area contributed by atoms with Crippen LogP contribution in [0.15, 0.2) is 0 Å². The van der Waals surface area contributed by atoms with E-state index >= 15 is 0 Å². The highest BCUT2D eigenvalue weighted by Gasteiger charge is 2.34. The van der Waals surface area contributed by atoms with Gasteiger partial charge in [0.2, 0.25) is 5.91 Å². The zero-order valence-electron chi connectivity index (χ0n) is 11.9. The molecule has 1 saturated carbocycles. The molecule has 110 valence electrons. The minimum absolute atomic E-state index is 0.0524. The molecule has 2 unspecified atom stereocenters. The maximum atomic E-state index is 12.6. The van der Waals surface area contributed by atoms with E-state index in [1.165, 1.54) is 0 Å². The van der Waals surface area contributed by atoms with Gasteiger partial charge in [-0.05, 0) is 52.2 Å². The molecule has 1 aliphatic carbocycles. The quantitative estimate of drug-likeness (QED) is 0.755. The first-order valence-electron chi connectivity index (χ1n) is 7.47. The highest BCUT2D eigenvalue weighted by molar-refractivity contribution is 5.79. The summed E-state index contributed by atoms with van der Waals surface area (Å²) in [5.74, 6) is 0.303. The molecule has 1 saturated heterocycles. The van der Waals surface area contributed by atoms with E-state index in [2.05, 4.69) is 11.9 Å². The monoisotopic (exact) mass is 269 g/mol. The zero-order chi connectivity index (χ0) is 13.8. The van der Waals surface area contributed by atoms with Crippen LogP contribution in [0.2, 0.25) is 0 Å². The Balaban J connectivity index is 1.96. The van der Waals surface area contributed by atoms with Crippen molar-refractivity contribution in [1.29, 1.82) is 0 Å². The van der Waals surface area contributed by atoms with E-state index in [1.807, 2.05) is 4.90 Å². The van der Waals surface area contributed by atoms with Crippen LogP contribution in [-0.4, -0.2) is 66.2 Å². The summed E-state index contributed by atoms with van der Waals surface area (Å²) in [4.78, 5) is 16.8. The van der Waals surface area contributed by atoms with Crippen LogP contribution in [-0.2, 0) is 4.79 Å². The number of rotatable bonds is 4. The summed E-state index contributed by atoms with van der Waals surface area (Å²) >= 11 is 0. The molecule has 3 N–H and O–H groups in total. The smallest absolute Gasteiger partial charge is 0.226 e. The Morgan fingerprint density at radius 2 is 2.00 bits per heavy atom. The lowest BCUT2D eigenvalue weighted by Gasteiger charge is -2.38. The summed E-state index contributed by atoms with van der Waals surface area (Å²) in [6.07, 6.45) is 4.71. The number of nitrogens with zero attached hydrogens (tertiary/aromatic N) is 2. The summed E-state index contributed by atoms with van der Waals surface area (Å²) in [7, 11) is 2.12. The van der Waals surface area contributed by atoms with Gasteiger partial charge in [0.05, 0.1) is 6.61 Å². The normalized spacial score (nSPS) is 29.6. The maximum Gasteiger partial charge on any atom is 0.226 e. The molecule has 1 amide bonds. The Bertz CT molecular complexity index is 303. The van der Waals surface area contributed by atoms with Gasteiger partial charge in [-0.1, -0.05) is 0 Å². The molecule has 0 aromatic heterocycles. The Morgan fingerprint density at radius 3 is 2.53 bits per heavy atom. The molecule has 0 aromatic carbocycles. The molecule has 2 atom stereocenters. The van der Waals surface area contributed by atoms with E-state index in [-0.39, 0.29) is 24.5 Å². The molecule has 1 heterocycles. The number of hydrogen-bond donors (Lipinski definition) is 2. The third kappa shape index (κ3) is 3.68. The second kappa shape index (κ2) is 6.68. The molecule has 2 fully saturated rings. The van der Waals surface area contributed by atoms with Crippen LogP contribution in [0.5, 0.6) is 0 Å². The fourth-order valence-electron chi connectivity index (χ4n) is 3.36. The van der Waals surface area contributed by atoms with Crippen LogP contribution >= 0.6 is 0 Å². The van der Waals surface area contributed by atoms with E-state index in [4.69, 9.17) is 5.73 Å². The van der Waals surface area contributed by atoms with Crippen LogP contribution in [0.25, 0.3) is 0 Å². The fourth-order valence-corrected chi connectivity index (χ4v) is 3.36. The standard InChI is InChI=1S/C14H27N3O2/c1-16-6-4-13(5-7-16)17(8-9-18)14(19)11-2-3-12(15)10-11/h11-13,18H,2-10,15H2,1H3. The largest absolute Gasteiger partial charge is 0.395 e. The maximum absolute atomic E-state index is 12.6. The topological polar surface area (TPSA) is 69.8 Å². The van der Waals surface area contributed by atoms with E-state index < -0.39 is 0 Å². The molecule has 0 bridgehead atoms. The predicted octanol–water partition coefficient (Wildman–Crippen LogP) is 0.0289. The van der Waals surface area contributed by atoms with Gasteiger partial charge in [-0.15, -0.1) is 0 Å². The van der Waals surface area contributed by atoms with Gasteiger partial charge in [-0.3, -0.25) is 4.79 Å². The first-order chi connectivity index (χ1) is 9.11. The van der Waals surface area contributed by atoms with Gasteiger partial charge < -0.3 is 20.6 Å². The highest BCUT2D eigenvalue weighted by Crippen LogP contribution is 2.28. The summed E-state index contributed by atoms with van der Waals surface area (Å²) in [6.45, 7) is 2.59. The Morgan fingerprint density at radius 1 is 1.32 bits per heavy atom. The molecule has 5 heteroatoms. The number of nitrogens with two attached hydrogens (primary N) is 1. The van der Waals surface area contributed by atoms with Crippen molar-refractivity contribution >= 4 is 5.91 Å². The number of amides is 1. The lowest BCUT2D eigenvalue weighted by molar-refractivity contribution is -0.139. The first-order valence-corrected chi connectivity index (χ1v) is 7.47. The van der Waals surface area contributed by atoms with Crippen molar-refractivity contribution < 1.29 is 9.90 Å². The van der Waals surface area contributed by atoms with Crippen LogP contribution in [0.3, 0.4) is 0 Å². The van der Waals surface area contributed by atoms with E-state index in [1.54, 1.807) is 0 Å². The molecule has 0 radical (unpaired) electrons. The molecule has 0 aromatic rings. The fraction of sp³-hybridized carbons (Fsp3) is 0.929. The van der Waals surface area contributed by atoms with Gasteiger partial charge >= 0.3 is 0 Å². The average molecular weight is 269 g/mol. The third-order valence-corrected chi connectivity index (χ3v) is 4.58. The number of aliphatic hydroxyl groups is 1. The van der Waals surface area contributed by atoms with Crippen LogP contribution < -0.4 is 5.73 Å². The van der Waals surface area contributed by atoms with E-state index in [0.717, 1.165) is 45.2 Å². The molecular formula is C14H27N3O2. The number of carbonyl (C=O) groups is 1. The Labute approximate surface area is 115 Å². The minimum Gasteiger partial charge on any atom is -0.395 e. The third-order valence-electron chi connectivity index (χ3n) is 4.58. The van der Waals surface area contributed by atoms with Crippen LogP contribution in [0, 0.1) is 5.92 Å². The molecule has 2 aliphatic rings. The Kier molecular flexibility index (Phi) is 5.19. The number of carbonyl (C=O) groups excluding carboxylic acids is 1. The van der Waals surface area contributed by atoms with Gasteiger partial charge in [0.1, 0.15) is 0 Å². The number of hydrogen-bond acceptors (Lipinski definition) is 4. The van der Waals surface area contributed by atoms with Crippen molar-refractivity contribution in [2.45, 2.75) is 44.2 Å². The molecule has 0 spiro atoms. The Hall–Kier alpha value is -0.650. The summed E-state index contributed by atoms with van der Waals surface area (Å²) < 4.78 is 0. The second-order valence-electron chi connectivity index (χ2n) is 6.06. The summed E-state index contributed by atoms with van der Waals surface area (Å²) in [6, 6.07) is 0.482. The summed E-state index contributed by atoms with van der Waals surface area (Å²) in [5.41, 5.74) is 5.91. The van der Waals surface area contributed by atoms with E-state index in [9.17, 15) is 9.90 Å². The zero-order valence-corrected chi connectivity index (χ0v) is 11.9. The van der Waals surface area contributed by atoms with Gasteiger partial charge in [0.25, 0.3) is 0 Å². The van der Waals surface area contributed by atoms with Crippen molar-refractivity contribution in [2.24, 2.45) is 11.7 Å². The average Bonchev–Trinajstić information content (AvgIpc) is 2.83. The first kappa shape index (κ1) is 14.8. The van der Waals surface area contributed by atoms with Crippen molar-refractivity contribution in [1.82, 2.24) is 9.80 Å². The number of aliphatic hydroxyl groups excluding tert-OH is 1. The highest BCUT2D eigenvalue weighted by atomic mass is 16.3. The SMILES string of the molecule is CN1CCC(N(CCO)C(=O)C2CCC(N)C2)CC1. The lowest BCUT2D eigenvalue weighted by atomic mass is 9.99. The van der Waals surface area contributed by atoms with Crippen LogP contribution in [0.4, 0.5) is 0 Å². The summed E-state index contributed by atoms with van der Waals surface area (Å²) in [5, 5.41) is 9.23.